The van der Waals surface area contributed by atoms with E-state index in [1.54, 1.807) is 0 Å². The van der Waals surface area contributed by atoms with E-state index < -0.39 is 18.1 Å². The van der Waals surface area contributed by atoms with E-state index >= 15 is 0 Å². The minimum absolute atomic E-state index is 0.264. The first kappa shape index (κ1) is 10.5. The van der Waals surface area contributed by atoms with Crippen LogP contribution in [0.5, 0.6) is 0 Å². The van der Waals surface area contributed by atoms with Gasteiger partial charge in [0, 0.05) is 5.92 Å². The van der Waals surface area contributed by atoms with Gasteiger partial charge in [0.05, 0.1) is 6.10 Å². The summed E-state index contributed by atoms with van der Waals surface area (Å²) >= 11 is 0. The normalized spacial score (nSPS) is 32.2. The Balaban J connectivity index is 2.58. The van der Waals surface area contributed by atoms with Crippen molar-refractivity contribution in [1.82, 2.24) is 0 Å². The highest BCUT2D eigenvalue weighted by Gasteiger charge is 2.31. The van der Waals surface area contributed by atoms with E-state index in [1.165, 1.54) is 0 Å². The maximum atomic E-state index is 10.6. The summed E-state index contributed by atoms with van der Waals surface area (Å²) in [4.78, 5) is 10.6. The Labute approximate surface area is 77.7 Å². The van der Waals surface area contributed by atoms with Gasteiger partial charge in [-0.15, -0.1) is 0 Å². The SMILES string of the molecule is N[C@H](C(=O)O)[C@H]1CCCCC[C@@H]1O. The predicted octanol–water partition coefficient (Wildman–Crippen LogP) is 0.339. The van der Waals surface area contributed by atoms with Crippen LogP contribution in [-0.2, 0) is 4.79 Å². The van der Waals surface area contributed by atoms with Gasteiger partial charge in [-0.25, -0.2) is 0 Å². The van der Waals surface area contributed by atoms with Crippen LogP contribution in [0.1, 0.15) is 32.1 Å². The molecule has 3 atom stereocenters. The van der Waals surface area contributed by atoms with Gasteiger partial charge >= 0.3 is 5.97 Å². The number of carboxylic acids is 1. The lowest BCUT2D eigenvalue weighted by Gasteiger charge is -2.23. The van der Waals surface area contributed by atoms with Crippen LogP contribution in [0.15, 0.2) is 0 Å². The summed E-state index contributed by atoms with van der Waals surface area (Å²) < 4.78 is 0. The Bertz CT molecular complexity index is 184. The molecule has 4 heteroatoms. The molecule has 1 saturated carbocycles. The van der Waals surface area contributed by atoms with Crippen LogP contribution in [0.3, 0.4) is 0 Å². The van der Waals surface area contributed by atoms with Crippen LogP contribution < -0.4 is 5.73 Å². The lowest BCUT2D eigenvalue weighted by molar-refractivity contribution is -0.141. The molecule has 0 bridgehead atoms. The molecule has 0 aromatic rings. The molecule has 13 heavy (non-hydrogen) atoms. The first-order valence-corrected chi connectivity index (χ1v) is 4.79. The van der Waals surface area contributed by atoms with Gasteiger partial charge in [0.15, 0.2) is 0 Å². The average Bonchev–Trinajstić information content (AvgIpc) is 2.28. The van der Waals surface area contributed by atoms with Gasteiger partial charge in [0.1, 0.15) is 6.04 Å². The highest BCUT2D eigenvalue weighted by Crippen LogP contribution is 2.25. The van der Waals surface area contributed by atoms with Gasteiger partial charge < -0.3 is 15.9 Å². The standard InChI is InChI=1S/C9H17NO3/c10-8(9(12)13)6-4-2-1-3-5-7(6)11/h6-8,11H,1-5,10H2,(H,12,13)/t6-,7-,8-/m0/s1. The fourth-order valence-corrected chi connectivity index (χ4v) is 1.92. The van der Waals surface area contributed by atoms with Crippen molar-refractivity contribution in [3.63, 3.8) is 0 Å². The lowest BCUT2D eigenvalue weighted by Crippen LogP contribution is -2.43. The molecule has 1 aliphatic rings. The lowest BCUT2D eigenvalue weighted by atomic mass is 9.90. The zero-order valence-electron chi connectivity index (χ0n) is 7.65. The van der Waals surface area contributed by atoms with E-state index in [1.807, 2.05) is 0 Å². The first-order chi connectivity index (χ1) is 6.13. The molecule has 0 radical (unpaired) electrons. The maximum absolute atomic E-state index is 10.6. The van der Waals surface area contributed by atoms with Gasteiger partial charge in [0.25, 0.3) is 0 Å². The fourth-order valence-electron chi connectivity index (χ4n) is 1.92. The fraction of sp³-hybridized carbons (Fsp3) is 0.889. The number of nitrogens with two attached hydrogens (primary N) is 1. The van der Waals surface area contributed by atoms with Crippen LogP contribution >= 0.6 is 0 Å². The van der Waals surface area contributed by atoms with Gasteiger partial charge in [-0.1, -0.05) is 19.3 Å². The summed E-state index contributed by atoms with van der Waals surface area (Å²) in [6, 6.07) is -0.909. The van der Waals surface area contributed by atoms with Gasteiger partial charge in [-0.05, 0) is 12.8 Å². The summed E-state index contributed by atoms with van der Waals surface area (Å²) in [7, 11) is 0. The molecule has 4 N–H and O–H groups in total. The number of aliphatic hydroxyl groups is 1. The third kappa shape index (κ3) is 2.67. The van der Waals surface area contributed by atoms with Gasteiger partial charge in [0.2, 0.25) is 0 Å². The summed E-state index contributed by atoms with van der Waals surface area (Å²) in [5.74, 6) is -1.27. The quantitative estimate of drug-likeness (QED) is 0.544. The molecular weight excluding hydrogens is 170 g/mol. The molecule has 1 fully saturated rings. The number of aliphatic hydroxyl groups excluding tert-OH is 1. The van der Waals surface area contributed by atoms with E-state index in [-0.39, 0.29) is 5.92 Å². The van der Waals surface area contributed by atoms with Crippen molar-refractivity contribution < 1.29 is 15.0 Å². The minimum Gasteiger partial charge on any atom is -0.480 e. The molecule has 0 heterocycles. The number of rotatable bonds is 2. The summed E-state index contributed by atoms with van der Waals surface area (Å²) in [6.45, 7) is 0. The Morgan fingerprint density at radius 1 is 1.31 bits per heavy atom. The number of carboxylic acid groups (broad SMARTS) is 1. The topological polar surface area (TPSA) is 83.6 Å². The third-order valence-corrected chi connectivity index (χ3v) is 2.78. The van der Waals surface area contributed by atoms with E-state index in [2.05, 4.69) is 0 Å². The molecule has 1 aliphatic carbocycles. The van der Waals surface area contributed by atoms with Crippen molar-refractivity contribution in [3.8, 4) is 0 Å². The van der Waals surface area contributed by atoms with E-state index in [4.69, 9.17) is 10.8 Å². The Hall–Kier alpha value is -0.610. The highest BCUT2D eigenvalue weighted by atomic mass is 16.4. The molecule has 76 valence electrons. The van der Waals surface area contributed by atoms with Crippen molar-refractivity contribution in [2.45, 2.75) is 44.2 Å². The molecular formula is C9H17NO3. The monoisotopic (exact) mass is 187 g/mol. The smallest absolute Gasteiger partial charge is 0.320 e. The molecule has 1 rings (SSSR count). The minimum atomic E-state index is -1.01. The zero-order chi connectivity index (χ0) is 9.84. The second kappa shape index (κ2) is 4.58. The third-order valence-electron chi connectivity index (χ3n) is 2.78. The van der Waals surface area contributed by atoms with E-state index in [0.29, 0.717) is 6.42 Å². The van der Waals surface area contributed by atoms with E-state index in [0.717, 1.165) is 25.7 Å². The number of hydrogen-bond donors (Lipinski definition) is 3. The van der Waals surface area contributed by atoms with Crippen LogP contribution in [-0.4, -0.2) is 28.3 Å². The second-order valence-electron chi connectivity index (χ2n) is 3.73. The first-order valence-electron chi connectivity index (χ1n) is 4.79. The summed E-state index contributed by atoms with van der Waals surface area (Å²) in [6.07, 6.45) is 3.90. The molecule has 0 aliphatic heterocycles. The van der Waals surface area contributed by atoms with Crippen molar-refractivity contribution in [2.24, 2.45) is 11.7 Å². The molecule has 4 nitrogen and oxygen atoms in total. The molecule has 0 saturated heterocycles. The van der Waals surface area contributed by atoms with Crippen LogP contribution in [0.25, 0.3) is 0 Å². The summed E-state index contributed by atoms with van der Waals surface area (Å²) in [5, 5.41) is 18.3. The van der Waals surface area contributed by atoms with Crippen LogP contribution in [0, 0.1) is 5.92 Å². The van der Waals surface area contributed by atoms with Crippen LogP contribution in [0.2, 0.25) is 0 Å². The molecule has 0 aromatic carbocycles. The number of hydrogen-bond acceptors (Lipinski definition) is 3. The number of aliphatic carboxylic acids is 1. The van der Waals surface area contributed by atoms with Crippen LogP contribution in [0.4, 0.5) is 0 Å². The molecule has 0 unspecified atom stereocenters. The Morgan fingerprint density at radius 2 is 1.92 bits per heavy atom. The number of carbonyl (C=O) groups is 1. The molecule has 0 spiro atoms. The second-order valence-corrected chi connectivity index (χ2v) is 3.73. The van der Waals surface area contributed by atoms with Crippen molar-refractivity contribution in [1.29, 1.82) is 0 Å². The van der Waals surface area contributed by atoms with Crippen molar-refractivity contribution in [3.05, 3.63) is 0 Å². The van der Waals surface area contributed by atoms with Crippen molar-refractivity contribution in [2.75, 3.05) is 0 Å². The summed E-state index contributed by atoms with van der Waals surface area (Å²) in [5.41, 5.74) is 5.49. The Kier molecular flexibility index (Phi) is 3.69. The van der Waals surface area contributed by atoms with E-state index in [9.17, 15) is 9.90 Å². The highest BCUT2D eigenvalue weighted by molar-refractivity contribution is 5.73. The average molecular weight is 187 g/mol. The molecule has 0 amide bonds. The zero-order valence-corrected chi connectivity index (χ0v) is 7.65. The predicted molar refractivity (Wildman–Crippen MR) is 48.2 cm³/mol. The Morgan fingerprint density at radius 3 is 2.54 bits per heavy atom. The van der Waals surface area contributed by atoms with Gasteiger partial charge in [-0.3, -0.25) is 4.79 Å². The molecule has 0 aromatic heterocycles. The largest absolute Gasteiger partial charge is 0.480 e. The van der Waals surface area contributed by atoms with Crippen molar-refractivity contribution >= 4 is 5.97 Å². The maximum Gasteiger partial charge on any atom is 0.320 e. The van der Waals surface area contributed by atoms with Gasteiger partial charge in [-0.2, -0.15) is 0 Å².